The molecule has 0 aromatic heterocycles. The van der Waals surface area contributed by atoms with Gasteiger partial charge in [-0.1, -0.05) is 11.6 Å². The van der Waals surface area contributed by atoms with Gasteiger partial charge in [0.2, 0.25) is 0 Å². The Morgan fingerprint density at radius 3 is 2.73 bits per heavy atom. The summed E-state index contributed by atoms with van der Waals surface area (Å²) in [6, 6.07) is 9.56. The van der Waals surface area contributed by atoms with Crippen LogP contribution in [0.3, 0.4) is 0 Å². The molecular formula is C19H17ClF2N2OS. The van der Waals surface area contributed by atoms with Crippen LogP contribution < -0.4 is 9.64 Å². The molecule has 0 N–H and O–H groups in total. The number of methoxy groups -OCH3 is 1. The van der Waals surface area contributed by atoms with Gasteiger partial charge in [0.1, 0.15) is 23.9 Å². The van der Waals surface area contributed by atoms with Gasteiger partial charge in [-0.05, 0) is 42.2 Å². The van der Waals surface area contributed by atoms with Crippen LogP contribution in [0, 0.1) is 5.82 Å². The van der Waals surface area contributed by atoms with Crippen LogP contribution in [0.15, 0.2) is 53.4 Å². The van der Waals surface area contributed by atoms with Gasteiger partial charge in [-0.2, -0.15) is 11.8 Å². The van der Waals surface area contributed by atoms with Crippen molar-refractivity contribution in [2.75, 3.05) is 24.9 Å². The fourth-order valence-electron chi connectivity index (χ4n) is 2.74. The van der Waals surface area contributed by atoms with E-state index in [4.69, 9.17) is 16.3 Å². The summed E-state index contributed by atoms with van der Waals surface area (Å²) >= 11 is 7.87. The molecule has 136 valence electrons. The van der Waals surface area contributed by atoms with E-state index >= 15 is 0 Å². The molecule has 0 saturated carbocycles. The zero-order valence-corrected chi connectivity index (χ0v) is 15.9. The monoisotopic (exact) mass is 394 g/mol. The fraction of sp³-hybridized carbons (Fsp3) is 0.211. The highest BCUT2D eigenvalue weighted by Crippen LogP contribution is 2.30. The van der Waals surface area contributed by atoms with Crippen LogP contribution in [0.25, 0.3) is 0 Å². The van der Waals surface area contributed by atoms with Crippen LogP contribution in [0.5, 0.6) is 5.75 Å². The molecule has 1 aliphatic heterocycles. The lowest BCUT2D eigenvalue weighted by Crippen LogP contribution is -2.24. The van der Waals surface area contributed by atoms with Gasteiger partial charge in [-0.3, -0.25) is 4.99 Å². The van der Waals surface area contributed by atoms with Crippen molar-refractivity contribution in [2.45, 2.75) is 5.75 Å². The first-order valence-corrected chi connectivity index (χ1v) is 9.60. The van der Waals surface area contributed by atoms with Crippen LogP contribution >= 0.6 is 23.4 Å². The van der Waals surface area contributed by atoms with Crippen LogP contribution in [-0.4, -0.2) is 25.7 Å². The molecule has 2 aromatic rings. The summed E-state index contributed by atoms with van der Waals surface area (Å²) in [4.78, 5) is 6.02. The van der Waals surface area contributed by atoms with Crippen LogP contribution in [-0.2, 0) is 5.75 Å². The average Bonchev–Trinajstić information content (AvgIpc) is 2.61. The Bertz CT molecular complexity index is 886. The molecule has 0 bridgehead atoms. The normalized spacial score (nSPS) is 14.1. The molecule has 1 heterocycles. The molecule has 0 spiro atoms. The number of hydrogen-bond donors (Lipinski definition) is 0. The van der Waals surface area contributed by atoms with Gasteiger partial charge in [-0.15, -0.1) is 0 Å². The van der Waals surface area contributed by atoms with Crippen molar-refractivity contribution in [1.29, 1.82) is 0 Å². The second-order valence-corrected chi connectivity index (χ2v) is 6.99. The predicted molar refractivity (Wildman–Crippen MR) is 105 cm³/mol. The Hall–Kier alpha value is -2.05. The minimum atomic E-state index is -0.521. The maximum absolute atomic E-state index is 14.7. The van der Waals surface area contributed by atoms with E-state index < -0.39 is 11.6 Å². The van der Waals surface area contributed by atoms with Crippen molar-refractivity contribution < 1.29 is 13.5 Å². The molecule has 3 nitrogen and oxygen atoms in total. The molecule has 0 unspecified atom stereocenters. The minimum Gasteiger partial charge on any atom is -0.496 e. The van der Waals surface area contributed by atoms with Gasteiger partial charge in [-0.25, -0.2) is 8.78 Å². The second kappa shape index (κ2) is 8.10. The maximum Gasteiger partial charge on any atom is 0.165 e. The first kappa shape index (κ1) is 18.7. The number of thioether (sulfide) groups is 1. The van der Waals surface area contributed by atoms with E-state index in [1.54, 1.807) is 22.7 Å². The Morgan fingerprint density at radius 1 is 1.23 bits per heavy atom. The standard InChI is InChI=1S/C19H17ClF2N2OS/c1-25-18-8-14(21)3-4-16(18)19-17(22)9-24(11-23-19)15-6-12(10-26-2)5-13(20)7-15/h3-9H,10-11H2,1-2H3. The van der Waals surface area contributed by atoms with E-state index in [1.165, 1.54) is 31.5 Å². The number of benzene rings is 2. The quantitative estimate of drug-likeness (QED) is 0.676. The number of hydrogen-bond acceptors (Lipinski definition) is 4. The summed E-state index contributed by atoms with van der Waals surface area (Å²) in [7, 11) is 1.41. The first-order valence-electron chi connectivity index (χ1n) is 7.83. The molecule has 2 aromatic carbocycles. The number of anilines is 1. The highest BCUT2D eigenvalue weighted by molar-refractivity contribution is 7.97. The van der Waals surface area contributed by atoms with Crippen molar-refractivity contribution in [3.8, 4) is 5.75 Å². The molecule has 0 aliphatic carbocycles. The molecule has 7 heteroatoms. The largest absolute Gasteiger partial charge is 0.496 e. The molecule has 0 fully saturated rings. The van der Waals surface area contributed by atoms with E-state index in [9.17, 15) is 8.78 Å². The minimum absolute atomic E-state index is 0.143. The number of aliphatic imine (C=N–C) groups is 1. The lowest BCUT2D eigenvalue weighted by atomic mass is 10.1. The van der Waals surface area contributed by atoms with Crippen LogP contribution in [0.4, 0.5) is 14.5 Å². The lowest BCUT2D eigenvalue weighted by molar-refractivity contribution is 0.410. The Labute approximate surface area is 160 Å². The predicted octanol–water partition coefficient (Wildman–Crippen LogP) is 5.43. The van der Waals surface area contributed by atoms with Gasteiger partial charge in [0.25, 0.3) is 0 Å². The van der Waals surface area contributed by atoms with Gasteiger partial charge >= 0.3 is 0 Å². The number of ether oxygens (including phenoxy) is 1. The number of nitrogens with zero attached hydrogens (tertiary/aromatic N) is 2. The van der Waals surface area contributed by atoms with Crippen molar-refractivity contribution in [3.63, 3.8) is 0 Å². The summed E-state index contributed by atoms with van der Waals surface area (Å²) in [5.41, 5.74) is 2.38. The van der Waals surface area contributed by atoms with E-state index in [-0.39, 0.29) is 18.1 Å². The molecule has 1 aliphatic rings. The number of halogens is 3. The van der Waals surface area contributed by atoms with E-state index in [1.807, 2.05) is 18.4 Å². The molecular weight excluding hydrogens is 378 g/mol. The zero-order chi connectivity index (χ0) is 18.7. The Morgan fingerprint density at radius 2 is 2.04 bits per heavy atom. The third kappa shape index (κ3) is 4.02. The molecule has 0 saturated heterocycles. The van der Waals surface area contributed by atoms with Gasteiger partial charge < -0.3 is 9.64 Å². The summed E-state index contributed by atoms with van der Waals surface area (Å²) in [5.74, 6) is 0.0844. The Kier molecular flexibility index (Phi) is 5.84. The Balaban J connectivity index is 1.90. The van der Waals surface area contributed by atoms with Crippen molar-refractivity contribution >= 4 is 34.8 Å². The van der Waals surface area contributed by atoms with Crippen molar-refractivity contribution in [1.82, 2.24) is 0 Å². The summed E-state index contributed by atoms with van der Waals surface area (Å²) < 4.78 is 33.3. The summed E-state index contributed by atoms with van der Waals surface area (Å²) in [6.45, 7) is 0.225. The lowest BCUT2D eigenvalue weighted by Gasteiger charge is -2.24. The average molecular weight is 395 g/mol. The number of rotatable bonds is 5. The van der Waals surface area contributed by atoms with Gasteiger partial charge in [0.15, 0.2) is 5.83 Å². The third-order valence-electron chi connectivity index (χ3n) is 3.88. The second-order valence-electron chi connectivity index (χ2n) is 5.69. The summed E-state index contributed by atoms with van der Waals surface area (Å²) in [6.07, 6.45) is 3.38. The highest BCUT2D eigenvalue weighted by Gasteiger charge is 2.21. The molecule has 26 heavy (non-hydrogen) atoms. The molecule has 0 radical (unpaired) electrons. The molecule has 3 rings (SSSR count). The van der Waals surface area contributed by atoms with Crippen molar-refractivity contribution in [2.24, 2.45) is 4.99 Å². The third-order valence-corrected chi connectivity index (χ3v) is 4.72. The SMILES string of the molecule is COc1cc(F)ccc1C1=NCN(c2cc(Cl)cc(CSC)c2)C=C1F. The molecule has 0 atom stereocenters. The van der Waals surface area contributed by atoms with Crippen LogP contribution in [0.1, 0.15) is 11.1 Å². The number of allylic oxidation sites excluding steroid dienone is 1. The van der Waals surface area contributed by atoms with Gasteiger partial charge in [0, 0.05) is 34.3 Å². The van der Waals surface area contributed by atoms with E-state index in [0.29, 0.717) is 10.6 Å². The summed E-state index contributed by atoms with van der Waals surface area (Å²) in [5, 5.41) is 0.593. The van der Waals surface area contributed by atoms with E-state index in [2.05, 4.69) is 4.99 Å². The van der Waals surface area contributed by atoms with E-state index in [0.717, 1.165) is 17.0 Å². The topological polar surface area (TPSA) is 24.8 Å². The van der Waals surface area contributed by atoms with Crippen LogP contribution in [0.2, 0.25) is 5.02 Å². The maximum atomic E-state index is 14.7. The van der Waals surface area contributed by atoms with Crippen molar-refractivity contribution in [3.05, 3.63) is 70.4 Å². The smallest absolute Gasteiger partial charge is 0.165 e. The zero-order valence-electron chi connectivity index (χ0n) is 14.3. The molecule has 0 amide bonds. The fourth-order valence-corrected chi connectivity index (χ4v) is 3.49. The first-order chi connectivity index (χ1) is 12.5. The van der Waals surface area contributed by atoms with Gasteiger partial charge in [0.05, 0.1) is 7.11 Å². The highest BCUT2D eigenvalue weighted by atomic mass is 35.5.